The Kier molecular flexibility index (Phi) is 3.40. The fourth-order valence-corrected chi connectivity index (χ4v) is 1.85. The predicted octanol–water partition coefficient (Wildman–Crippen LogP) is 3.08. The molecule has 2 aromatic rings. The van der Waals surface area contributed by atoms with Crippen molar-refractivity contribution in [2.24, 2.45) is 0 Å². The molecule has 0 radical (unpaired) electrons. The monoisotopic (exact) mass is 290 g/mol. The third-order valence-electron chi connectivity index (χ3n) is 2.53. The second-order valence-corrected chi connectivity index (χ2v) is 4.25. The summed E-state index contributed by atoms with van der Waals surface area (Å²) >= 11 is 6.01. The average molecular weight is 291 g/mol. The lowest BCUT2D eigenvalue weighted by Gasteiger charge is -2.06. The number of aryl methyl sites for hydroxylation is 1. The molecule has 8 heteroatoms. The van der Waals surface area contributed by atoms with E-state index in [0.717, 1.165) is 16.7 Å². The quantitative estimate of drug-likeness (QED) is 0.924. The summed E-state index contributed by atoms with van der Waals surface area (Å²) in [5.41, 5.74) is 6.67. The minimum absolute atomic E-state index is 0.263. The molecular weight excluding hydrogens is 281 g/mol. The van der Waals surface area contributed by atoms with Gasteiger partial charge in [-0.25, -0.2) is 0 Å². The molecule has 0 spiro atoms. The number of nitrogen functional groups attached to an aromatic ring is 1. The van der Waals surface area contributed by atoms with Gasteiger partial charge >= 0.3 is 6.18 Å². The first-order chi connectivity index (χ1) is 8.82. The van der Waals surface area contributed by atoms with E-state index in [0.29, 0.717) is 0 Å². The van der Waals surface area contributed by atoms with E-state index in [4.69, 9.17) is 17.3 Å². The first-order valence-electron chi connectivity index (χ1n) is 5.41. The minimum Gasteiger partial charge on any atom is -0.368 e. The van der Waals surface area contributed by atoms with Crippen LogP contribution in [0.3, 0.4) is 0 Å². The Bertz CT molecular complexity index is 606. The van der Waals surface area contributed by atoms with Gasteiger partial charge in [-0.2, -0.15) is 22.8 Å². The highest BCUT2D eigenvalue weighted by molar-refractivity contribution is 6.32. The van der Waals surface area contributed by atoms with Crippen molar-refractivity contribution < 1.29 is 13.2 Å². The number of rotatable bonds is 2. The molecule has 4 nitrogen and oxygen atoms in total. The lowest BCUT2D eigenvalue weighted by molar-refractivity contribution is -0.144. The van der Waals surface area contributed by atoms with Crippen LogP contribution < -0.4 is 5.73 Å². The van der Waals surface area contributed by atoms with Crippen molar-refractivity contribution >= 4 is 17.5 Å². The molecule has 2 rings (SSSR count). The van der Waals surface area contributed by atoms with E-state index in [9.17, 15) is 13.2 Å². The van der Waals surface area contributed by atoms with Crippen molar-refractivity contribution in [1.29, 1.82) is 0 Å². The van der Waals surface area contributed by atoms with Crippen LogP contribution in [0.2, 0.25) is 5.02 Å². The summed E-state index contributed by atoms with van der Waals surface area (Å²) in [6.45, 7) is 1.94. The van der Waals surface area contributed by atoms with Crippen LogP contribution >= 0.6 is 11.6 Å². The van der Waals surface area contributed by atoms with Crippen molar-refractivity contribution in [3.8, 4) is 5.69 Å². The van der Waals surface area contributed by atoms with Crippen molar-refractivity contribution in [2.45, 2.75) is 19.5 Å². The highest BCUT2D eigenvalue weighted by Crippen LogP contribution is 2.29. The molecule has 1 heterocycles. The Morgan fingerprint density at radius 2 is 2.05 bits per heavy atom. The number of nitrogens with zero attached hydrogens (tertiary/aromatic N) is 3. The van der Waals surface area contributed by atoms with Crippen LogP contribution in [-0.2, 0) is 12.6 Å². The number of anilines is 1. The maximum atomic E-state index is 12.5. The number of aromatic nitrogens is 3. The predicted molar refractivity (Wildman–Crippen MR) is 65.2 cm³/mol. The van der Waals surface area contributed by atoms with Crippen LogP contribution in [0.1, 0.15) is 18.3 Å². The molecule has 1 aromatic heterocycles. The topological polar surface area (TPSA) is 56.7 Å². The normalized spacial score (nSPS) is 11.8. The third-order valence-corrected chi connectivity index (χ3v) is 2.84. The summed E-state index contributed by atoms with van der Waals surface area (Å²) in [4.78, 5) is 3.19. The van der Waals surface area contributed by atoms with Gasteiger partial charge in [-0.1, -0.05) is 24.6 Å². The second-order valence-electron chi connectivity index (χ2n) is 3.84. The highest BCUT2D eigenvalue weighted by Gasteiger charge is 2.37. The molecule has 19 heavy (non-hydrogen) atoms. The van der Waals surface area contributed by atoms with E-state index in [1.54, 1.807) is 18.2 Å². The lowest BCUT2D eigenvalue weighted by Crippen LogP contribution is -2.08. The zero-order chi connectivity index (χ0) is 14.2. The van der Waals surface area contributed by atoms with E-state index < -0.39 is 12.0 Å². The Labute approximate surface area is 112 Å². The molecule has 0 saturated carbocycles. The number of nitrogens with two attached hydrogens (primary N) is 1. The van der Waals surface area contributed by atoms with E-state index >= 15 is 0 Å². The molecule has 0 bridgehead atoms. The first kappa shape index (κ1) is 13.7. The molecule has 0 atom stereocenters. The SMILES string of the molecule is CCc1ccc(-n2nc(C(F)(F)F)nc2N)c(Cl)c1. The Morgan fingerprint density at radius 3 is 2.53 bits per heavy atom. The van der Waals surface area contributed by atoms with Crippen LogP contribution in [0.25, 0.3) is 5.69 Å². The summed E-state index contributed by atoms with van der Waals surface area (Å²) in [6.07, 6.45) is -3.88. The molecular formula is C11H10ClF3N4. The molecule has 0 unspecified atom stereocenters. The summed E-state index contributed by atoms with van der Waals surface area (Å²) in [6, 6.07) is 4.97. The number of halogens is 4. The molecule has 2 N–H and O–H groups in total. The van der Waals surface area contributed by atoms with E-state index in [1.165, 1.54) is 0 Å². The molecule has 0 amide bonds. The zero-order valence-electron chi connectivity index (χ0n) is 9.87. The van der Waals surface area contributed by atoms with Crippen LogP contribution in [0.15, 0.2) is 18.2 Å². The Morgan fingerprint density at radius 1 is 1.37 bits per heavy atom. The average Bonchev–Trinajstić information content (AvgIpc) is 2.71. The van der Waals surface area contributed by atoms with E-state index in [2.05, 4.69) is 10.1 Å². The van der Waals surface area contributed by atoms with Crippen molar-refractivity contribution in [3.63, 3.8) is 0 Å². The van der Waals surface area contributed by atoms with Gasteiger partial charge in [-0.15, -0.1) is 5.10 Å². The first-order valence-corrected chi connectivity index (χ1v) is 5.79. The molecule has 0 aliphatic carbocycles. The van der Waals surface area contributed by atoms with Crippen LogP contribution in [-0.4, -0.2) is 14.8 Å². The molecule has 1 aromatic carbocycles. The van der Waals surface area contributed by atoms with Crippen LogP contribution in [0.4, 0.5) is 19.1 Å². The zero-order valence-corrected chi connectivity index (χ0v) is 10.6. The van der Waals surface area contributed by atoms with Gasteiger partial charge in [-0.05, 0) is 24.1 Å². The van der Waals surface area contributed by atoms with Gasteiger partial charge in [0.15, 0.2) is 0 Å². The summed E-state index contributed by atoms with van der Waals surface area (Å²) in [5.74, 6) is -1.65. The van der Waals surface area contributed by atoms with Gasteiger partial charge in [0.05, 0.1) is 10.7 Å². The molecule has 0 aliphatic rings. The van der Waals surface area contributed by atoms with Gasteiger partial charge in [-0.3, -0.25) is 0 Å². The largest absolute Gasteiger partial charge is 0.453 e. The van der Waals surface area contributed by atoms with Gasteiger partial charge < -0.3 is 5.73 Å². The van der Waals surface area contributed by atoms with Gasteiger partial charge in [0.1, 0.15) is 0 Å². The fourth-order valence-electron chi connectivity index (χ4n) is 1.56. The van der Waals surface area contributed by atoms with Crippen molar-refractivity contribution in [2.75, 3.05) is 5.73 Å². The van der Waals surface area contributed by atoms with Gasteiger partial charge in [0, 0.05) is 0 Å². The number of alkyl halides is 3. The second kappa shape index (κ2) is 4.73. The molecule has 0 fully saturated rings. The molecule has 0 saturated heterocycles. The minimum atomic E-state index is -4.64. The maximum Gasteiger partial charge on any atom is 0.453 e. The third kappa shape index (κ3) is 2.65. The fraction of sp³-hybridized carbons (Fsp3) is 0.273. The van der Waals surface area contributed by atoms with Crippen molar-refractivity contribution in [1.82, 2.24) is 14.8 Å². The number of hydrogen-bond acceptors (Lipinski definition) is 3. The standard InChI is InChI=1S/C11H10ClF3N4/c1-2-6-3-4-8(7(12)5-6)19-10(16)17-9(18-19)11(13,14)15/h3-5H,2H2,1H3,(H2,16,17,18). The van der Waals surface area contributed by atoms with E-state index in [1.807, 2.05) is 6.92 Å². The number of benzene rings is 1. The smallest absolute Gasteiger partial charge is 0.368 e. The Hall–Kier alpha value is -1.76. The van der Waals surface area contributed by atoms with Crippen LogP contribution in [0.5, 0.6) is 0 Å². The summed E-state index contributed by atoms with van der Waals surface area (Å²) in [5, 5.41) is 3.61. The highest BCUT2D eigenvalue weighted by atomic mass is 35.5. The summed E-state index contributed by atoms with van der Waals surface area (Å²) in [7, 11) is 0. The van der Waals surface area contributed by atoms with Gasteiger partial charge in [0.2, 0.25) is 5.95 Å². The summed E-state index contributed by atoms with van der Waals surface area (Å²) < 4.78 is 38.3. The van der Waals surface area contributed by atoms with Crippen molar-refractivity contribution in [3.05, 3.63) is 34.6 Å². The number of hydrogen-bond donors (Lipinski definition) is 1. The van der Waals surface area contributed by atoms with Crippen LogP contribution in [0, 0.1) is 0 Å². The van der Waals surface area contributed by atoms with Gasteiger partial charge in [0.25, 0.3) is 5.82 Å². The maximum absolute atomic E-state index is 12.5. The Balaban J connectivity index is 2.51. The molecule has 102 valence electrons. The molecule has 0 aliphatic heterocycles. The lowest BCUT2D eigenvalue weighted by atomic mass is 10.1. The van der Waals surface area contributed by atoms with E-state index in [-0.39, 0.29) is 16.7 Å².